The molecule has 13 heteroatoms. The molecule has 3 amide bonds. The van der Waals surface area contributed by atoms with E-state index in [4.69, 9.17) is 32.4 Å². The number of imide groups is 1. The van der Waals surface area contributed by atoms with Gasteiger partial charge in [0.15, 0.2) is 5.78 Å². The first kappa shape index (κ1) is 29.5. The standard InChI is InChI=1S/C28H20Br2Cl2N2O7/c29-20-11-18-19(12-21(20)30)27(38)34(26(18)37)33(25(36)17-8-5-15(31)10-22(17)32)13-23(35)14-3-6-16(7-4-14)41-28(39)24-2-1-9-40-24/h1-10,18-21H,11-13H2/t18-,19+,20+,21-. The number of esters is 1. The van der Waals surface area contributed by atoms with E-state index < -0.39 is 47.9 Å². The van der Waals surface area contributed by atoms with E-state index in [0.29, 0.717) is 12.8 Å². The maximum absolute atomic E-state index is 13.8. The van der Waals surface area contributed by atoms with Crippen LogP contribution in [0.5, 0.6) is 5.75 Å². The number of ketones is 1. The van der Waals surface area contributed by atoms with Gasteiger partial charge in [0.25, 0.3) is 17.7 Å². The highest BCUT2D eigenvalue weighted by Crippen LogP contribution is 2.44. The Balaban J connectivity index is 1.42. The minimum atomic E-state index is -0.810. The monoisotopic (exact) mass is 724 g/mol. The lowest BCUT2D eigenvalue weighted by Gasteiger charge is -2.30. The predicted octanol–water partition coefficient (Wildman–Crippen LogP) is 5.97. The molecule has 4 atom stereocenters. The van der Waals surface area contributed by atoms with Crippen LogP contribution >= 0.6 is 55.1 Å². The van der Waals surface area contributed by atoms with E-state index >= 15 is 0 Å². The van der Waals surface area contributed by atoms with Crippen LogP contribution in [0.25, 0.3) is 0 Å². The largest absolute Gasteiger partial charge is 0.457 e. The van der Waals surface area contributed by atoms with Gasteiger partial charge in [-0.3, -0.25) is 19.2 Å². The van der Waals surface area contributed by atoms with Crippen molar-refractivity contribution in [1.29, 1.82) is 0 Å². The molecule has 0 N–H and O–H groups in total. The van der Waals surface area contributed by atoms with Crippen molar-refractivity contribution in [3.8, 4) is 5.75 Å². The van der Waals surface area contributed by atoms with Crippen LogP contribution < -0.4 is 4.74 Å². The average molecular weight is 727 g/mol. The predicted molar refractivity (Wildman–Crippen MR) is 155 cm³/mol. The number of benzene rings is 2. The minimum Gasteiger partial charge on any atom is -0.457 e. The third-order valence-corrected chi connectivity index (χ3v) is 10.2. The van der Waals surface area contributed by atoms with Gasteiger partial charge in [-0.15, -0.1) is 0 Å². The summed E-state index contributed by atoms with van der Waals surface area (Å²) >= 11 is 19.4. The number of nitrogens with zero attached hydrogens (tertiary/aromatic N) is 2. The Hall–Kier alpha value is -2.99. The summed E-state index contributed by atoms with van der Waals surface area (Å²) in [4.78, 5) is 66.3. The number of rotatable bonds is 7. The molecule has 1 aromatic heterocycles. The maximum atomic E-state index is 13.8. The molecule has 0 unspecified atom stereocenters. The Morgan fingerprint density at radius 2 is 1.59 bits per heavy atom. The number of carbonyl (C=O) groups is 5. The Labute approximate surface area is 260 Å². The first-order valence-electron chi connectivity index (χ1n) is 12.4. The number of halogens is 4. The fraction of sp³-hybridized carbons (Fsp3) is 0.250. The number of hydrogen-bond donors (Lipinski definition) is 0. The number of furan rings is 1. The lowest BCUT2D eigenvalue weighted by atomic mass is 9.81. The zero-order valence-electron chi connectivity index (χ0n) is 21.0. The van der Waals surface area contributed by atoms with Gasteiger partial charge >= 0.3 is 5.97 Å². The van der Waals surface area contributed by atoms with E-state index in [1.807, 2.05) is 0 Å². The van der Waals surface area contributed by atoms with E-state index in [9.17, 15) is 24.0 Å². The number of carbonyl (C=O) groups excluding carboxylic acids is 5. The van der Waals surface area contributed by atoms with Crippen LogP contribution in [0.1, 0.15) is 44.1 Å². The molecule has 0 bridgehead atoms. The van der Waals surface area contributed by atoms with E-state index in [2.05, 4.69) is 31.9 Å². The Bertz CT molecular complexity index is 1500. The summed E-state index contributed by atoms with van der Waals surface area (Å²) in [5.41, 5.74) is 0.122. The van der Waals surface area contributed by atoms with Gasteiger partial charge in [0, 0.05) is 20.2 Å². The van der Waals surface area contributed by atoms with E-state index in [1.165, 1.54) is 54.8 Å². The zero-order valence-corrected chi connectivity index (χ0v) is 25.7. The second-order valence-electron chi connectivity index (χ2n) is 9.51. The van der Waals surface area contributed by atoms with Crippen molar-refractivity contribution in [1.82, 2.24) is 10.0 Å². The Morgan fingerprint density at radius 3 is 2.15 bits per heavy atom. The van der Waals surface area contributed by atoms with Crippen molar-refractivity contribution in [2.45, 2.75) is 22.5 Å². The van der Waals surface area contributed by atoms with Crippen molar-refractivity contribution in [3.63, 3.8) is 0 Å². The number of amides is 3. The molecule has 1 saturated carbocycles. The summed E-state index contributed by atoms with van der Waals surface area (Å²) < 4.78 is 10.2. The first-order valence-corrected chi connectivity index (χ1v) is 15.0. The van der Waals surface area contributed by atoms with Gasteiger partial charge in [-0.1, -0.05) is 55.1 Å². The molecule has 5 rings (SSSR count). The number of ether oxygens (including phenoxy) is 1. The van der Waals surface area contributed by atoms with Crippen molar-refractivity contribution < 1.29 is 33.1 Å². The van der Waals surface area contributed by atoms with Gasteiger partial charge in [0.1, 0.15) is 12.3 Å². The highest BCUT2D eigenvalue weighted by molar-refractivity contribution is 9.12. The van der Waals surface area contributed by atoms with Gasteiger partial charge in [0.2, 0.25) is 5.76 Å². The third-order valence-electron chi connectivity index (χ3n) is 6.93. The second-order valence-corrected chi connectivity index (χ2v) is 12.7. The van der Waals surface area contributed by atoms with Gasteiger partial charge in [-0.25, -0.2) is 9.80 Å². The van der Waals surface area contributed by atoms with Gasteiger partial charge in [-0.2, -0.15) is 5.01 Å². The van der Waals surface area contributed by atoms with Crippen LogP contribution in [0.4, 0.5) is 0 Å². The van der Waals surface area contributed by atoms with E-state index in [-0.39, 0.29) is 42.3 Å². The maximum Gasteiger partial charge on any atom is 0.379 e. The normalized spacial score (nSPS) is 21.9. The molecule has 0 spiro atoms. The van der Waals surface area contributed by atoms with Crippen LogP contribution in [0.15, 0.2) is 65.3 Å². The van der Waals surface area contributed by atoms with Crippen LogP contribution in [-0.2, 0) is 9.59 Å². The topological polar surface area (TPSA) is 114 Å². The molecule has 1 aliphatic carbocycles. The molecule has 2 heterocycles. The smallest absolute Gasteiger partial charge is 0.379 e. The Morgan fingerprint density at radius 1 is 0.951 bits per heavy atom. The van der Waals surface area contributed by atoms with Crippen LogP contribution in [-0.4, -0.2) is 55.7 Å². The summed E-state index contributed by atoms with van der Waals surface area (Å²) in [6, 6.07) is 12.8. The molecular formula is C28H20Br2Cl2N2O7. The molecule has 212 valence electrons. The molecule has 9 nitrogen and oxygen atoms in total. The summed E-state index contributed by atoms with van der Waals surface area (Å²) in [6.45, 7) is -0.629. The average Bonchev–Trinajstić information content (AvgIpc) is 3.56. The second kappa shape index (κ2) is 12.1. The molecule has 1 aliphatic heterocycles. The molecule has 41 heavy (non-hydrogen) atoms. The third kappa shape index (κ3) is 5.99. The highest BCUT2D eigenvalue weighted by atomic mass is 79.9. The van der Waals surface area contributed by atoms with Crippen molar-refractivity contribution in [2.24, 2.45) is 11.8 Å². The number of hydrogen-bond acceptors (Lipinski definition) is 7. The molecule has 2 aliphatic rings. The van der Waals surface area contributed by atoms with E-state index in [0.717, 1.165) is 10.0 Å². The SMILES string of the molecule is O=C(CN(C(=O)c1ccc(Cl)cc1Cl)N1C(=O)[C@H]2C[C@@H](Br)[C@@H](Br)C[C@H]2C1=O)c1ccc(OC(=O)c2ccco2)cc1. The van der Waals surface area contributed by atoms with Gasteiger partial charge in [-0.05, 0) is 67.4 Å². The molecule has 0 radical (unpaired) electrons. The molecular weight excluding hydrogens is 707 g/mol. The van der Waals surface area contributed by atoms with Crippen LogP contribution in [0.2, 0.25) is 10.0 Å². The Kier molecular flexibility index (Phi) is 8.70. The summed E-state index contributed by atoms with van der Waals surface area (Å²) in [7, 11) is 0. The summed E-state index contributed by atoms with van der Waals surface area (Å²) in [5.74, 6) is -4.33. The molecule has 1 saturated heterocycles. The number of Topliss-reactive ketones (excluding diaryl/α,β-unsaturated/α-hetero) is 1. The van der Waals surface area contributed by atoms with Crippen molar-refractivity contribution >= 4 is 84.5 Å². The van der Waals surface area contributed by atoms with Crippen LogP contribution in [0, 0.1) is 11.8 Å². The molecule has 2 aromatic carbocycles. The molecule has 3 aromatic rings. The fourth-order valence-corrected chi connectivity index (χ4v) is 6.57. The van der Waals surface area contributed by atoms with Gasteiger partial charge < -0.3 is 9.15 Å². The fourth-order valence-electron chi connectivity index (χ4n) is 4.84. The summed E-state index contributed by atoms with van der Waals surface area (Å²) in [6.07, 6.45) is 2.11. The van der Waals surface area contributed by atoms with E-state index in [1.54, 1.807) is 6.07 Å². The molecule has 2 fully saturated rings. The van der Waals surface area contributed by atoms with Crippen molar-refractivity contribution in [3.05, 3.63) is 87.8 Å². The zero-order chi connectivity index (χ0) is 29.4. The van der Waals surface area contributed by atoms with Crippen LogP contribution in [0.3, 0.4) is 0 Å². The summed E-state index contributed by atoms with van der Waals surface area (Å²) in [5, 5.41) is 1.91. The lowest BCUT2D eigenvalue weighted by molar-refractivity contribution is -0.154. The quantitative estimate of drug-likeness (QED) is 0.0970. The number of alkyl halides is 2. The number of hydrazine groups is 1. The van der Waals surface area contributed by atoms with Crippen molar-refractivity contribution in [2.75, 3.05) is 6.54 Å². The highest BCUT2D eigenvalue weighted by Gasteiger charge is 2.54. The van der Waals surface area contributed by atoms with Gasteiger partial charge in [0.05, 0.1) is 28.7 Å². The number of fused-ring (bicyclic) bond motifs is 1. The minimum absolute atomic E-state index is 0.000213. The first-order chi connectivity index (χ1) is 19.5. The lowest BCUT2D eigenvalue weighted by Crippen LogP contribution is -2.52.